The quantitative estimate of drug-likeness (QED) is 0.909. The number of carbonyl (C=O) groups is 1. The maximum absolute atomic E-state index is 10.8. The maximum Gasteiger partial charge on any atom is 0.371 e. The molecule has 3 unspecified atom stereocenters. The maximum atomic E-state index is 10.8. The Balaban J connectivity index is 1.96. The minimum Gasteiger partial charge on any atom is -0.475 e. The molecular weight excluding hydrogens is 248 g/mol. The normalized spacial score (nSPS) is 29.1. The molecule has 5 nitrogen and oxygen atoms in total. The molecule has 1 aliphatic rings. The molecule has 0 aliphatic carbocycles. The Morgan fingerprint density at radius 1 is 1.37 bits per heavy atom. The highest BCUT2D eigenvalue weighted by molar-refractivity contribution is 5.84. The van der Waals surface area contributed by atoms with Crippen LogP contribution in [0.4, 0.5) is 0 Å². The zero-order chi connectivity index (χ0) is 14.0. The smallest absolute Gasteiger partial charge is 0.371 e. The van der Waals surface area contributed by atoms with Crippen LogP contribution in [0.2, 0.25) is 0 Å². The van der Waals surface area contributed by atoms with Gasteiger partial charge in [0.05, 0.1) is 18.3 Å². The second-order valence-electron chi connectivity index (χ2n) is 5.14. The first kappa shape index (κ1) is 14.1. The van der Waals surface area contributed by atoms with Crippen LogP contribution in [0, 0.1) is 0 Å². The summed E-state index contributed by atoms with van der Waals surface area (Å²) in [5, 5.41) is 8.82. The summed E-state index contributed by atoms with van der Waals surface area (Å²) in [6.07, 6.45) is 1.93. The lowest BCUT2D eigenvalue weighted by molar-refractivity contribution is -0.122. The van der Waals surface area contributed by atoms with Gasteiger partial charge in [-0.3, -0.25) is 0 Å². The van der Waals surface area contributed by atoms with Crippen LogP contribution in [0.15, 0.2) is 16.5 Å². The first-order chi connectivity index (χ1) is 8.95. The predicted octanol–water partition coefficient (Wildman–Crippen LogP) is 3.01. The molecule has 0 aromatic carbocycles. The number of hydrogen-bond donors (Lipinski definition) is 1. The molecule has 1 saturated heterocycles. The molecule has 2 rings (SSSR count). The van der Waals surface area contributed by atoms with Crippen molar-refractivity contribution < 1.29 is 23.8 Å². The van der Waals surface area contributed by atoms with Gasteiger partial charge in [-0.1, -0.05) is 0 Å². The van der Waals surface area contributed by atoms with Gasteiger partial charge in [0.2, 0.25) is 5.76 Å². The molecule has 3 atom stereocenters. The van der Waals surface area contributed by atoms with Gasteiger partial charge in [-0.25, -0.2) is 4.79 Å². The summed E-state index contributed by atoms with van der Waals surface area (Å²) in [4.78, 5) is 10.8. The molecule has 0 amide bonds. The molecule has 2 heterocycles. The molecule has 106 valence electrons. The van der Waals surface area contributed by atoms with E-state index in [2.05, 4.69) is 0 Å². The van der Waals surface area contributed by atoms with E-state index in [0.29, 0.717) is 5.76 Å². The van der Waals surface area contributed by atoms with Gasteiger partial charge in [-0.15, -0.1) is 0 Å². The number of carboxylic acid groups (broad SMARTS) is 1. The van der Waals surface area contributed by atoms with Crippen LogP contribution in [0.3, 0.4) is 0 Å². The minimum atomic E-state index is -1.06. The standard InChI is InChI=1S/C14H20O5/c1-8-6-11(7-9(2)17-8)18-10(3)12-4-5-13(19-12)14(15)16/h4-5,8-11H,6-7H2,1-3H3,(H,15,16). The second kappa shape index (κ2) is 5.75. The predicted molar refractivity (Wildman–Crippen MR) is 68.2 cm³/mol. The lowest BCUT2D eigenvalue weighted by atomic mass is 10.0. The fourth-order valence-corrected chi connectivity index (χ4v) is 2.50. The van der Waals surface area contributed by atoms with Crippen LogP contribution in [0.1, 0.15) is 56.0 Å². The molecule has 0 saturated carbocycles. The van der Waals surface area contributed by atoms with Gasteiger partial charge in [0, 0.05) is 0 Å². The third kappa shape index (κ3) is 3.58. The molecular formula is C14H20O5. The van der Waals surface area contributed by atoms with Crippen molar-refractivity contribution in [2.75, 3.05) is 0 Å². The zero-order valence-corrected chi connectivity index (χ0v) is 11.5. The lowest BCUT2D eigenvalue weighted by Gasteiger charge is -2.33. The highest BCUT2D eigenvalue weighted by Gasteiger charge is 2.27. The summed E-state index contributed by atoms with van der Waals surface area (Å²) in [5.74, 6) is -0.574. The molecule has 1 aliphatic heterocycles. The Labute approximate surface area is 112 Å². The van der Waals surface area contributed by atoms with Crippen LogP contribution in [0.5, 0.6) is 0 Å². The average molecular weight is 268 g/mol. The number of carboxylic acids is 1. The van der Waals surface area contributed by atoms with Crippen molar-refractivity contribution in [3.63, 3.8) is 0 Å². The molecule has 1 fully saturated rings. The monoisotopic (exact) mass is 268 g/mol. The van der Waals surface area contributed by atoms with Crippen molar-refractivity contribution in [1.29, 1.82) is 0 Å². The van der Waals surface area contributed by atoms with Crippen LogP contribution in [-0.4, -0.2) is 29.4 Å². The Hall–Kier alpha value is -1.33. The van der Waals surface area contributed by atoms with Gasteiger partial charge in [0.15, 0.2) is 0 Å². The van der Waals surface area contributed by atoms with E-state index in [1.807, 2.05) is 20.8 Å². The first-order valence-electron chi connectivity index (χ1n) is 6.59. The second-order valence-corrected chi connectivity index (χ2v) is 5.14. The third-order valence-corrected chi connectivity index (χ3v) is 3.29. The first-order valence-corrected chi connectivity index (χ1v) is 6.59. The van der Waals surface area contributed by atoms with E-state index in [0.717, 1.165) is 12.8 Å². The Morgan fingerprint density at radius 3 is 2.53 bits per heavy atom. The van der Waals surface area contributed by atoms with Gasteiger partial charge >= 0.3 is 5.97 Å². The van der Waals surface area contributed by atoms with Crippen LogP contribution in [0.25, 0.3) is 0 Å². The van der Waals surface area contributed by atoms with Gasteiger partial charge in [-0.05, 0) is 45.7 Å². The van der Waals surface area contributed by atoms with E-state index in [9.17, 15) is 4.79 Å². The fourth-order valence-electron chi connectivity index (χ4n) is 2.50. The lowest BCUT2D eigenvalue weighted by Crippen LogP contribution is -2.34. The van der Waals surface area contributed by atoms with Crippen molar-refractivity contribution in [2.24, 2.45) is 0 Å². The highest BCUT2D eigenvalue weighted by atomic mass is 16.5. The van der Waals surface area contributed by atoms with E-state index in [1.54, 1.807) is 6.07 Å². The molecule has 1 N–H and O–H groups in total. The Morgan fingerprint density at radius 2 is 2.00 bits per heavy atom. The molecule has 19 heavy (non-hydrogen) atoms. The number of aromatic carboxylic acids is 1. The molecule has 0 radical (unpaired) electrons. The number of ether oxygens (including phenoxy) is 2. The van der Waals surface area contributed by atoms with Gasteiger partial charge in [-0.2, -0.15) is 0 Å². The number of rotatable bonds is 4. The van der Waals surface area contributed by atoms with E-state index in [-0.39, 0.29) is 30.2 Å². The number of furan rings is 1. The fraction of sp³-hybridized carbons (Fsp3) is 0.643. The SMILES string of the molecule is CC1CC(OC(C)c2ccc(C(=O)O)o2)CC(C)O1. The molecule has 0 bridgehead atoms. The van der Waals surface area contributed by atoms with E-state index < -0.39 is 5.97 Å². The van der Waals surface area contributed by atoms with Crippen molar-refractivity contribution in [3.05, 3.63) is 23.7 Å². The van der Waals surface area contributed by atoms with Crippen molar-refractivity contribution >= 4 is 5.97 Å². The summed E-state index contributed by atoms with van der Waals surface area (Å²) >= 11 is 0. The van der Waals surface area contributed by atoms with Crippen LogP contribution < -0.4 is 0 Å². The van der Waals surface area contributed by atoms with E-state index in [1.165, 1.54) is 6.07 Å². The summed E-state index contributed by atoms with van der Waals surface area (Å²) in [5.41, 5.74) is 0. The van der Waals surface area contributed by atoms with E-state index in [4.69, 9.17) is 19.0 Å². The Bertz CT molecular complexity index is 429. The summed E-state index contributed by atoms with van der Waals surface area (Å²) in [6, 6.07) is 3.10. The third-order valence-electron chi connectivity index (χ3n) is 3.29. The van der Waals surface area contributed by atoms with Crippen molar-refractivity contribution in [1.82, 2.24) is 0 Å². The van der Waals surface area contributed by atoms with Gasteiger partial charge in [0.25, 0.3) is 0 Å². The Kier molecular flexibility index (Phi) is 4.27. The highest BCUT2D eigenvalue weighted by Crippen LogP contribution is 2.28. The number of hydrogen-bond acceptors (Lipinski definition) is 4. The summed E-state index contributed by atoms with van der Waals surface area (Å²) < 4.78 is 16.8. The molecule has 5 heteroatoms. The van der Waals surface area contributed by atoms with Crippen LogP contribution >= 0.6 is 0 Å². The van der Waals surface area contributed by atoms with Crippen molar-refractivity contribution in [2.45, 2.75) is 58.0 Å². The summed E-state index contributed by atoms with van der Waals surface area (Å²) in [6.45, 7) is 5.94. The van der Waals surface area contributed by atoms with Crippen molar-refractivity contribution in [3.8, 4) is 0 Å². The minimum absolute atomic E-state index is 0.0563. The molecule has 1 aromatic rings. The van der Waals surface area contributed by atoms with Crippen LogP contribution in [-0.2, 0) is 9.47 Å². The molecule has 1 aromatic heterocycles. The molecule has 0 spiro atoms. The van der Waals surface area contributed by atoms with E-state index >= 15 is 0 Å². The topological polar surface area (TPSA) is 68.9 Å². The largest absolute Gasteiger partial charge is 0.475 e. The summed E-state index contributed by atoms with van der Waals surface area (Å²) in [7, 11) is 0. The zero-order valence-electron chi connectivity index (χ0n) is 11.5. The van der Waals surface area contributed by atoms with Gasteiger partial charge < -0.3 is 19.0 Å². The van der Waals surface area contributed by atoms with Gasteiger partial charge in [0.1, 0.15) is 11.9 Å². The average Bonchev–Trinajstić information content (AvgIpc) is 2.76.